The molecule has 2 aliphatic rings. The molecule has 0 bridgehead atoms. The Hall–Kier alpha value is -0.560. The third-order valence-corrected chi connectivity index (χ3v) is 9.20. The smallest absolute Gasteiger partial charge is 0.193 e. The number of sulfone groups is 1. The van der Waals surface area contributed by atoms with E-state index >= 15 is 0 Å². The van der Waals surface area contributed by atoms with Gasteiger partial charge >= 0.3 is 0 Å². The minimum atomic E-state index is -3.05. The van der Waals surface area contributed by atoms with E-state index < -0.39 is 14.6 Å². The van der Waals surface area contributed by atoms with E-state index in [1.54, 1.807) is 32.7 Å². The molecule has 1 saturated heterocycles. The molecule has 0 aromatic carbocycles. The number of aliphatic imine (C=N–C) groups is 1. The fourth-order valence-corrected chi connectivity index (χ4v) is 6.19. The maximum absolute atomic E-state index is 12.2. The van der Waals surface area contributed by atoms with Crippen LogP contribution in [0, 0.1) is 0 Å². The molecule has 2 fully saturated rings. The molecule has 1 aliphatic heterocycles. The molecule has 8 nitrogen and oxygen atoms in total. The number of hydrogen-bond acceptors (Lipinski definition) is 6. The molecule has 3 rings (SSSR count). The third kappa shape index (κ3) is 5.62. The lowest BCUT2D eigenvalue weighted by Gasteiger charge is -2.39. The molecule has 2 heterocycles. The first-order valence-electron chi connectivity index (χ1n) is 10.4. The van der Waals surface area contributed by atoms with Crippen LogP contribution in [0.25, 0.3) is 0 Å². The van der Waals surface area contributed by atoms with Crippen LogP contribution in [-0.4, -0.2) is 77.5 Å². The Morgan fingerprint density at radius 3 is 2.60 bits per heavy atom. The summed E-state index contributed by atoms with van der Waals surface area (Å²) in [5.41, 5.74) is 0. The summed E-state index contributed by atoms with van der Waals surface area (Å²) in [5.74, 6) is 2.01. The number of nitrogens with zero attached hydrogens (tertiary/aromatic N) is 5. The van der Waals surface area contributed by atoms with Gasteiger partial charge in [-0.15, -0.1) is 34.2 Å². The van der Waals surface area contributed by atoms with Gasteiger partial charge in [0.1, 0.15) is 5.82 Å². The topological polar surface area (TPSA) is 92.5 Å². The first kappa shape index (κ1) is 25.7. The van der Waals surface area contributed by atoms with Crippen LogP contribution in [0.2, 0.25) is 0 Å². The highest BCUT2D eigenvalue weighted by Crippen LogP contribution is 2.33. The van der Waals surface area contributed by atoms with Gasteiger partial charge in [-0.3, -0.25) is 4.99 Å². The summed E-state index contributed by atoms with van der Waals surface area (Å²) in [6.07, 6.45) is 8.87. The first-order valence-corrected chi connectivity index (χ1v) is 13.3. The molecule has 1 aromatic rings. The van der Waals surface area contributed by atoms with Crippen molar-refractivity contribution in [1.82, 2.24) is 25.0 Å². The van der Waals surface area contributed by atoms with Crippen LogP contribution in [0.4, 0.5) is 0 Å². The summed E-state index contributed by atoms with van der Waals surface area (Å²) in [4.78, 5) is 6.42. The second-order valence-corrected chi connectivity index (χ2v) is 12.0. The molecular weight excluding hydrogens is 535 g/mol. The zero-order valence-corrected chi connectivity index (χ0v) is 22.4. The van der Waals surface area contributed by atoms with E-state index in [-0.39, 0.29) is 29.7 Å². The Balaban J connectivity index is 0.00000320. The van der Waals surface area contributed by atoms with Crippen LogP contribution in [0.15, 0.2) is 10.1 Å². The SMILES string of the molecule is CN=C(NCCCc1nnc(SC)n1C1CCCC1)N1CCS(=O)(=O)C(C)(C)C1.I. The minimum Gasteiger partial charge on any atom is -0.356 e. The zero-order chi connectivity index (χ0) is 21.1. The van der Waals surface area contributed by atoms with Crippen LogP contribution in [0.3, 0.4) is 0 Å². The Bertz CT molecular complexity index is 834. The van der Waals surface area contributed by atoms with Crippen LogP contribution in [0.5, 0.6) is 0 Å². The van der Waals surface area contributed by atoms with Crippen molar-refractivity contribution < 1.29 is 8.42 Å². The highest BCUT2D eigenvalue weighted by atomic mass is 127. The van der Waals surface area contributed by atoms with Gasteiger partial charge in [-0.1, -0.05) is 24.6 Å². The van der Waals surface area contributed by atoms with Gasteiger partial charge in [-0.2, -0.15) is 0 Å². The summed E-state index contributed by atoms with van der Waals surface area (Å²) in [6, 6.07) is 0.542. The Kier molecular flexibility index (Phi) is 9.29. The van der Waals surface area contributed by atoms with Crippen molar-refractivity contribution in [2.45, 2.75) is 68.3 Å². The molecule has 11 heteroatoms. The predicted molar refractivity (Wildman–Crippen MR) is 134 cm³/mol. The second-order valence-electron chi connectivity index (χ2n) is 8.49. The molecule has 0 spiro atoms. The predicted octanol–water partition coefficient (Wildman–Crippen LogP) is 2.75. The van der Waals surface area contributed by atoms with Gasteiger partial charge in [0, 0.05) is 39.1 Å². The molecule has 0 unspecified atom stereocenters. The molecule has 30 heavy (non-hydrogen) atoms. The van der Waals surface area contributed by atoms with Crippen molar-refractivity contribution >= 4 is 51.5 Å². The standard InChI is InChI=1S/C19H34N6O2S2.HI/c1-19(2)14-24(12-13-29(19,26)27)17(20-3)21-11-7-10-16-22-23-18(28-4)25(16)15-8-5-6-9-15;/h15H,5-14H2,1-4H3,(H,20,21);1H. The fourth-order valence-electron chi connectivity index (χ4n) is 4.25. The van der Waals surface area contributed by atoms with Crippen molar-refractivity contribution in [1.29, 1.82) is 0 Å². The van der Waals surface area contributed by atoms with E-state index in [9.17, 15) is 8.42 Å². The number of guanidine groups is 1. The van der Waals surface area contributed by atoms with Crippen LogP contribution in [-0.2, 0) is 16.3 Å². The Labute approximate surface area is 202 Å². The van der Waals surface area contributed by atoms with E-state index in [4.69, 9.17) is 0 Å². The summed E-state index contributed by atoms with van der Waals surface area (Å²) >= 11 is 1.67. The average Bonchev–Trinajstić information content (AvgIpc) is 3.33. The summed E-state index contributed by atoms with van der Waals surface area (Å²) in [5, 5.41) is 13.3. The maximum Gasteiger partial charge on any atom is 0.193 e. The first-order chi connectivity index (χ1) is 13.8. The van der Waals surface area contributed by atoms with Crippen LogP contribution in [0.1, 0.15) is 57.8 Å². The van der Waals surface area contributed by atoms with Gasteiger partial charge in [0.25, 0.3) is 0 Å². The highest BCUT2D eigenvalue weighted by molar-refractivity contribution is 14.0. The zero-order valence-electron chi connectivity index (χ0n) is 18.4. The summed E-state index contributed by atoms with van der Waals surface area (Å²) in [7, 11) is -1.30. The highest BCUT2D eigenvalue weighted by Gasteiger charge is 2.40. The van der Waals surface area contributed by atoms with Gasteiger partial charge < -0.3 is 14.8 Å². The van der Waals surface area contributed by atoms with E-state index in [0.29, 0.717) is 19.1 Å². The normalized spacial score (nSPS) is 21.5. The Morgan fingerprint density at radius 2 is 2.00 bits per heavy atom. The van der Waals surface area contributed by atoms with Gasteiger partial charge in [0.2, 0.25) is 0 Å². The molecule has 1 saturated carbocycles. The molecule has 1 aliphatic carbocycles. The van der Waals surface area contributed by atoms with E-state index in [1.807, 2.05) is 4.90 Å². The van der Waals surface area contributed by atoms with Crippen molar-refractivity contribution in [3.63, 3.8) is 0 Å². The number of nitrogens with one attached hydrogen (secondary N) is 1. The maximum atomic E-state index is 12.2. The number of aromatic nitrogens is 3. The molecule has 0 amide bonds. The number of rotatable bonds is 6. The van der Waals surface area contributed by atoms with Gasteiger partial charge in [0.05, 0.1) is 10.5 Å². The lowest BCUT2D eigenvalue weighted by Crippen LogP contribution is -2.57. The molecular formula is C19H35IN6O2S2. The van der Waals surface area contributed by atoms with E-state index in [0.717, 1.165) is 36.3 Å². The number of hydrogen-bond donors (Lipinski definition) is 1. The second kappa shape index (κ2) is 10.8. The number of aryl methyl sites for hydroxylation is 1. The number of thioether (sulfide) groups is 1. The minimum absolute atomic E-state index is 0. The molecule has 172 valence electrons. The summed E-state index contributed by atoms with van der Waals surface area (Å²) in [6.45, 7) is 5.30. The monoisotopic (exact) mass is 570 g/mol. The summed E-state index contributed by atoms with van der Waals surface area (Å²) < 4.78 is 26.1. The van der Waals surface area contributed by atoms with Crippen molar-refractivity contribution in [3.05, 3.63) is 5.82 Å². The van der Waals surface area contributed by atoms with Crippen LogP contribution < -0.4 is 5.32 Å². The van der Waals surface area contributed by atoms with Crippen LogP contribution >= 0.6 is 35.7 Å². The van der Waals surface area contributed by atoms with Gasteiger partial charge in [0.15, 0.2) is 21.0 Å². The largest absolute Gasteiger partial charge is 0.356 e. The number of halogens is 1. The lowest BCUT2D eigenvalue weighted by atomic mass is 10.2. The third-order valence-electron chi connectivity index (χ3n) is 6.02. The van der Waals surface area contributed by atoms with Crippen molar-refractivity contribution in [3.8, 4) is 0 Å². The van der Waals surface area contributed by atoms with E-state index in [1.165, 1.54) is 25.7 Å². The molecule has 1 aromatic heterocycles. The fraction of sp³-hybridized carbons (Fsp3) is 0.842. The molecule has 1 N–H and O–H groups in total. The Morgan fingerprint density at radius 1 is 1.30 bits per heavy atom. The quantitative estimate of drug-likeness (QED) is 0.185. The van der Waals surface area contributed by atoms with Gasteiger partial charge in [-0.05, 0) is 39.4 Å². The van der Waals surface area contributed by atoms with E-state index in [2.05, 4.69) is 31.3 Å². The molecule has 0 radical (unpaired) electrons. The van der Waals surface area contributed by atoms with Crippen molar-refractivity contribution in [2.75, 3.05) is 38.7 Å². The molecule has 0 atom stereocenters. The van der Waals surface area contributed by atoms with Crippen molar-refractivity contribution in [2.24, 2.45) is 4.99 Å². The lowest BCUT2D eigenvalue weighted by molar-refractivity contribution is 0.353. The average molecular weight is 571 g/mol. The van der Waals surface area contributed by atoms with Gasteiger partial charge in [-0.25, -0.2) is 8.42 Å².